The van der Waals surface area contributed by atoms with Crippen LogP contribution in [0.3, 0.4) is 0 Å². The number of rotatable bonds is 8. The molecule has 1 aliphatic rings. The van der Waals surface area contributed by atoms with Crippen molar-refractivity contribution in [2.45, 2.75) is 24.9 Å². The number of aliphatic hydroxyl groups is 1. The van der Waals surface area contributed by atoms with Gasteiger partial charge in [0.2, 0.25) is 0 Å². The Morgan fingerprint density at radius 2 is 1.83 bits per heavy atom. The maximum Gasteiger partial charge on any atom is 0.330 e. The maximum atomic E-state index is 11.8. The van der Waals surface area contributed by atoms with Crippen molar-refractivity contribution in [1.29, 1.82) is 0 Å². The van der Waals surface area contributed by atoms with Crippen LogP contribution in [0.25, 0.3) is 0 Å². The Labute approximate surface area is 168 Å². The van der Waals surface area contributed by atoms with Crippen LogP contribution in [0.5, 0.6) is 0 Å². The number of phosphoric ester groups is 1. The van der Waals surface area contributed by atoms with E-state index < -0.39 is 59.8 Å². The molecule has 1 saturated heterocycles. The van der Waals surface area contributed by atoms with Crippen molar-refractivity contribution in [1.82, 2.24) is 9.55 Å². The summed E-state index contributed by atoms with van der Waals surface area (Å²) in [5.41, 5.74) is -1.61. The van der Waals surface area contributed by atoms with Crippen LogP contribution in [0.2, 0.25) is 0 Å². The Kier molecular flexibility index (Phi) is 7.62. The molecule has 0 amide bonds. The normalized spacial score (nSPS) is 26.8. The second kappa shape index (κ2) is 8.93. The van der Waals surface area contributed by atoms with Gasteiger partial charge in [-0.1, -0.05) is 0 Å². The number of nitrogens with one attached hydrogen (secondary N) is 1. The van der Waals surface area contributed by atoms with Gasteiger partial charge < -0.3 is 38.5 Å². The predicted octanol–water partition coefficient (Wildman–Crippen LogP) is -3.24. The molecule has 16 nitrogen and oxygen atoms in total. The Bertz CT molecular complexity index is 1020. The molecule has 2 heterocycles. The van der Waals surface area contributed by atoms with Gasteiger partial charge in [0.25, 0.3) is 21.2 Å². The van der Waals surface area contributed by atoms with Crippen LogP contribution < -0.4 is 30.8 Å². The standard InChI is InChI=1S/C9H14BrN2O14P3/c10-4-2-12(9(15)11-8(4)14)7-1-5(13)6(24-7)3-23-28(19,20)26-29(21,22)25-27(16,17)18/h2,5-7,13H,1,3H2,(H,19,20)(H,21,22)(H,11,14,15)(H2,16,17,18)/p-4. The van der Waals surface area contributed by atoms with Gasteiger partial charge in [0.15, 0.2) is 0 Å². The lowest BCUT2D eigenvalue weighted by molar-refractivity contribution is -0.339. The number of halogens is 1. The summed E-state index contributed by atoms with van der Waals surface area (Å²) in [6, 6.07) is 0. The van der Waals surface area contributed by atoms with Crippen LogP contribution in [-0.4, -0.2) is 33.5 Å². The van der Waals surface area contributed by atoms with Crippen molar-refractivity contribution in [3.8, 4) is 0 Å². The van der Waals surface area contributed by atoms with Crippen molar-refractivity contribution >= 4 is 39.4 Å². The number of aliphatic hydroxyl groups excluding tert-OH is 1. The minimum Gasteiger partial charge on any atom is -0.790 e. The summed E-state index contributed by atoms with van der Waals surface area (Å²) in [6.07, 6.45) is -3.11. The van der Waals surface area contributed by atoms with Gasteiger partial charge in [0.05, 0.1) is 25.0 Å². The zero-order valence-corrected chi connectivity index (χ0v) is 17.9. The van der Waals surface area contributed by atoms with Gasteiger partial charge >= 0.3 is 5.69 Å². The molecule has 5 unspecified atom stereocenters. The maximum absolute atomic E-state index is 11.8. The molecule has 0 saturated carbocycles. The van der Waals surface area contributed by atoms with Crippen LogP contribution in [-0.2, 0) is 31.6 Å². The highest BCUT2D eigenvalue weighted by molar-refractivity contribution is 9.10. The van der Waals surface area contributed by atoms with E-state index in [1.54, 1.807) is 0 Å². The van der Waals surface area contributed by atoms with Crippen LogP contribution in [0.1, 0.15) is 12.6 Å². The number of ether oxygens (including phenoxy) is 1. The molecule has 1 aliphatic heterocycles. The summed E-state index contributed by atoms with van der Waals surface area (Å²) < 4.78 is 49.5. The molecule has 2 N–H and O–H groups in total. The van der Waals surface area contributed by atoms with Crippen molar-refractivity contribution < 1.29 is 56.3 Å². The molecule has 166 valence electrons. The third-order valence-electron chi connectivity index (χ3n) is 3.24. The van der Waals surface area contributed by atoms with Gasteiger partial charge in [-0.05, 0) is 15.9 Å². The first-order valence-corrected chi connectivity index (χ1v) is 12.3. The van der Waals surface area contributed by atoms with Gasteiger partial charge in [0.1, 0.15) is 12.3 Å². The Morgan fingerprint density at radius 3 is 2.41 bits per heavy atom. The number of nitrogens with zero attached hydrogens (tertiary/aromatic N) is 1. The quantitative estimate of drug-likeness (QED) is 0.306. The summed E-state index contributed by atoms with van der Waals surface area (Å²) in [4.78, 5) is 68.1. The average molecular weight is 543 g/mol. The number of hydrogen-bond donors (Lipinski definition) is 2. The molecule has 1 fully saturated rings. The minimum atomic E-state index is -6.12. The average Bonchev–Trinajstić information content (AvgIpc) is 2.86. The number of phosphoric acid groups is 3. The molecule has 29 heavy (non-hydrogen) atoms. The van der Waals surface area contributed by atoms with E-state index in [9.17, 15) is 48.0 Å². The van der Waals surface area contributed by atoms with Crippen molar-refractivity contribution in [2.75, 3.05) is 6.61 Å². The van der Waals surface area contributed by atoms with Crippen molar-refractivity contribution in [3.05, 3.63) is 31.5 Å². The lowest BCUT2D eigenvalue weighted by Crippen LogP contribution is -2.32. The monoisotopic (exact) mass is 542 g/mol. The third-order valence-corrected chi connectivity index (χ3v) is 7.47. The lowest BCUT2D eigenvalue weighted by atomic mass is 10.2. The lowest BCUT2D eigenvalue weighted by Gasteiger charge is -2.37. The van der Waals surface area contributed by atoms with Crippen molar-refractivity contribution in [3.63, 3.8) is 0 Å². The number of aromatic nitrogens is 2. The van der Waals surface area contributed by atoms with E-state index in [2.05, 4.69) is 29.1 Å². The molecule has 5 atom stereocenters. The molecule has 0 spiro atoms. The first kappa shape index (κ1) is 24.8. The fourth-order valence-corrected chi connectivity index (χ4v) is 5.34. The topological polar surface area (TPSA) is 255 Å². The molecular weight excluding hydrogens is 533 g/mol. The van der Waals surface area contributed by atoms with E-state index in [0.29, 0.717) is 0 Å². The Balaban J connectivity index is 2.03. The van der Waals surface area contributed by atoms with Crippen LogP contribution in [0.4, 0.5) is 0 Å². The Hall–Kier alpha value is -0.510. The molecule has 1 aromatic heterocycles. The second-order valence-electron chi connectivity index (χ2n) is 5.38. The molecule has 0 radical (unpaired) electrons. The molecule has 1 aromatic rings. The first-order valence-electron chi connectivity index (χ1n) is 7.14. The van der Waals surface area contributed by atoms with Gasteiger partial charge in [0, 0.05) is 12.6 Å². The molecule has 20 heteroatoms. The van der Waals surface area contributed by atoms with Crippen LogP contribution >= 0.6 is 39.4 Å². The van der Waals surface area contributed by atoms with Gasteiger partial charge in [-0.15, -0.1) is 0 Å². The van der Waals surface area contributed by atoms with E-state index in [0.717, 1.165) is 10.8 Å². The minimum absolute atomic E-state index is 0.0346. The summed E-state index contributed by atoms with van der Waals surface area (Å²) >= 11 is 2.89. The number of hydrogen-bond acceptors (Lipinski definition) is 14. The molecular formula is C9H10BrN2O14P3-4. The highest BCUT2D eigenvalue weighted by Gasteiger charge is 2.37. The second-order valence-corrected chi connectivity index (χ2v) is 10.5. The highest BCUT2D eigenvalue weighted by atomic mass is 79.9. The molecule has 2 rings (SSSR count). The van der Waals surface area contributed by atoms with Crippen molar-refractivity contribution in [2.24, 2.45) is 0 Å². The van der Waals surface area contributed by atoms with Gasteiger partial charge in [-0.25, -0.2) is 9.11 Å². The summed E-state index contributed by atoms with van der Waals surface area (Å²) in [7, 11) is -18.0. The van der Waals surface area contributed by atoms with E-state index >= 15 is 0 Å². The predicted molar refractivity (Wildman–Crippen MR) is 84.5 cm³/mol. The molecule has 0 bridgehead atoms. The zero-order chi connectivity index (χ0) is 22.2. The van der Waals surface area contributed by atoms with E-state index in [1.165, 1.54) is 0 Å². The Morgan fingerprint density at radius 1 is 1.21 bits per heavy atom. The van der Waals surface area contributed by atoms with E-state index in [4.69, 9.17) is 4.74 Å². The van der Waals surface area contributed by atoms with E-state index in [1.807, 2.05) is 4.98 Å². The summed E-state index contributed by atoms with van der Waals surface area (Å²) in [5.74, 6) is 0. The van der Waals surface area contributed by atoms with E-state index in [-0.39, 0.29) is 10.9 Å². The van der Waals surface area contributed by atoms with Gasteiger partial charge in [-0.3, -0.25) is 27.8 Å². The fraction of sp³-hybridized carbons (Fsp3) is 0.556. The summed E-state index contributed by atoms with van der Waals surface area (Å²) in [6.45, 7) is -1.01. The zero-order valence-electron chi connectivity index (χ0n) is 13.6. The highest BCUT2D eigenvalue weighted by Crippen LogP contribution is 2.60. The SMILES string of the molecule is O=c1[nH]c(=O)n(C2CC(O)C(COP(=O)([O-])OP(=O)([O-])OP(=O)([O-])[O-])O2)cc1Br. The van der Waals surface area contributed by atoms with Crippen LogP contribution in [0, 0.1) is 0 Å². The van der Waals surface area contributed by atoms with Crippen LogP contribution in [0.15, 0.2) is 20.3 Å². The molecule has 0 aromatic carbocycles. The fourth-order valence-electron chi connectivity index (χ4n) is 2.16. The first-order chi connectivity index (χ1) is 13.1. The summed E-state index contributed by atoms with van der Waals surface area (Å²) in [5, 5.41) is 9.92. The smallest absolute Gasteiger partial charge is 0.330 e. The number of H-pyrrole nitrogens is 1. The van der Waals surface area contributed by atoms with Gasteiger partial charge in [-0.2, -0.15) is 0 Å². The largest absolute Gasteiger partial charge is 0.790 e. The molecule has 0 aliphatic carbocycles. The third kappa shape index (κ3) is 7.29. The number of aromatic amines is 1.